The summed E-state index contributed by atoms with van der Waals surface area (Å²) in [5, 5.41) is 11.1. The Morgan fingerprint density at radius 2 is 1.90 bits per heavy atom. The summed E-state index contributed by atoms with van der Waals surface area (Å²) in [6, 6.07) is -0.123. The number of rotatable bonds is 2. The normalized spacial score (nSPS) is 42.8. The number of Topliss-reactive ketones (excluding diaryl/α,β-unsaturated/α-hetero) is 1. The molecular formula is C23H29NO7. The van der Waals surface area contributed by atoms with Gasteiger partial charge in [-0.2, -0.15) is 0 Å². The zero-order valence-electron chi connectivity index (χ0n) is 18.4. The fourth-order valence-corrected chi connectivity index (χ4v) is 6.88. The van der Waals surface area contributed by atoms with Gasteiger partial charge in [-0.15, -0.1) is 0 Å². The molecule has 2 spiro atoms. The standard InChI is InChI=1S/C23H29NO7/c1-11-10-16(30-20(11)27)14-7-8-22-17(15(25)6-5-9-24(14)22)12(2)18(26)23(22)19(29-4)13(3)21(28)31-23/h11,14-16,25H,5-10H2,1-4H3/t11-,14-,15-,16-,22-,23+/m0/s1. The van der Waals surface area contributed by atoms with E-state index in [1.165, 1.54) is 7.11 Å². The first kappa shape index (κ1) is 20.7. The lowest BCUT2D eigenvalue weighted by Gasteiger charge is -2.48. The number of ketones is 1. The molecule has 4 heterocycles. The van der Waals surface area contributed by atoms with E-state index in [-0.39, 0.29) is 41.1 Å². The second kappa shape index (κ2) is 6.65. The number of esters is 2. The predicted molar refractivity (Wildman–Crippen MR) is 108 cm³/mol. The fourth-order valence-electron chi connectivity index (χ4n) is 6.88. The van der Waals surface area contributed by atoms with Crippen LogP contribution in [-0.4, -0.2) is 70.8 Å². The quantitative estimate of drug-likeness (QED) is 0.655. The van der Waals surface area contributed by atoms with Crippen LogP contribution in [0.25, 0.3) is 0 Å². The molecule has 4 aliphatic heterocycles. The first-order chi connectivity index (χ1) is 14.7. The lowest BCUT2D eigenvalue weighted by atomic mass is 9.73. The Morgan fingerprint density at radius 3 is 2.55 bits per heavy atom. The van der Waals surface area contributed by atoms with E-state index in [9.17, 15) is 19.5 Å². The zero-order chi connectivity index (χ0) is 22.3. The summed E-state index contributed by atoms with van der Waals surface area (Å²) >= 11 is 0. The van der Waals surface area contributed by atoms with E-state index < -0.39 is 23.2 Å². The molecule has 6 atom stereocenters. The number of aliphatic hydroxyl groups is 1. The Hall–Kier alpha value is -2.19. The molecule has 8 nitrogen and oxygen atoms in total. The van der Waals surface area contributed by atoms with E-state index in [1.54, 1.807) is 13.8 Å². The van der Waals surface area contributed by atoms with Crippen LogP contribution in [0.4, 0.5) is 0 Å². The van der Waals surface area contributed by atoms with Crippen molar-refractivity contribution in [2.45, 2.75) is 82.3 Å². The number of carbonyl (C=O) groups excluding carboxylic acids is 3. The molecule has 0 aromatic heterocycles. The maximum atomic E-state index is 13.8. The van der Waals surface area contributed by atoms with Crippen LogP contribution in [0.2, 0.25) is 0 Å². The van der Waals surface area contributed by atoms with Crippen LogP contribution in [0.5, 0.6) is 0 Å². The number of ether oxygens (including phenoxy) is 3. The second-order valence-electron chi connectivity index (χ2n) is 9.53. The van der Waals surface area contributed by atoms with Crippen LogP contribution in [0, 0.1) is 5.92 Å². The molecule has 0 bridgehead atoms. The van der Waals surface area contributed by atoms with Crippen molar-refractivity contribution >= 4 is 17.7 Å². The average molecular weight is 431 g/mol. The summed E-state index contributed by atoms with van der Waals surface area (Å²) in [7, 11) is 1.45. The third-order valence-corrected chi connectivity index (χ3v) is 8.10. The maximum Gasteiger partial charge on any atom is 0.338 e. The smallest absolute Gasteiger partial charge is 0.338 e. The predicted octanol–water partition coefficient (Wildman–Crippen LogP) is 1.41. The van der Waals surface area contributed by atoms with Crippen molar-refractivity contribution in [2.75, 3.05) is 13.7 Å². The third-order valence-electron chi connectivity index (χ3n) is 8.10. The molecule has 0 aromatic rings. The maximum absolute atomic E-state index is 13.8. The van der Waals surface area contributed by atoms with E-state index in [0.717, 1.165) is 6.42 Å². The first-order valence-electron chi connectivity index (χ1n) is 11.1. The van der Waals surface area contributed by atoms with Gasteiger partial charge in [-0.05, 0) is 58.1 Å². The molecule has 5 aliphatic rings. The number of nitrogens with zero attached hydrogens (tertiary/aromatic N) is 1. The summed E-state index contributed by atoms with van der Waals surface area (Å²) < 4.78 is 17.3. The minimum atomic E-state index is -1.64. The molecule has 5 rings (SSSR count). The molecule has 1 aliphatic carbocycles. The van der Waals surface area contributed by atoms with Crippen LogP contribution in [0.3, 0.4) is 0 Å². The summed E-state index contributed by atoms with van der Waals surface area (Å²) in [6.07, 6.45) is 1.91. The van der Waals surface area contributed by atoms with Crippen molar-refractivity contribution in [3.63, 3.8) is 0 Å². The molecule has 0 unspecified atom stereocenters. The van der Waals surface area contributed by atoms with Crippen molar-refractivity contribution in [1.29, 1.82) is 0 Å². The lowest BCUT2D eigenvalue weighted by Crippen LogP contribution is -2.66. The van der Waals surface area contributed by atoms with Crippen LogP contribution in [-0.2, 0) is 28.6 Å². The lowest BCUT2D eigenvalue weighted by molar-refractivity contribution is -0.169. The Labute approximate surface area is 181 Å². The highest BCUT2D eigenvalue weighted by atomic mass is 16.6. The SMILES string of the molecule is COC1=C(C)C(=O)O[C@]12C(=O)C(C)=C1[C@@H](O)CCCN3[C@H]([C@@H]4C[C@H](C)C(=O)O4)CC[C@@]132. The summed E-state index contributed by atoms with van der Waals surface area (Å²) in [4.78, 5) is 40.9. The van der Waals surface area contributed by atoms with Crippen LogP contribution < -0.4 is 0 Å². The van der Waals surface area contributed by atoms with E-state index >= 15 is 0 Å². The highest BCUT2D eigenvalue weighted by Crippen LogP contribution is 2.62. The van der Waals surface area contributed by atoms with Crippen LogP contribution in [0.15, 0.2) is 22.5 Å². The fraction of sp³-hybridized carbons (Fsp3) is 0.696. The summed E-state index contributed by atoms with van der Waals surface area (Å²) in [5.41, 5.74) is -1.33. The van der Waals surface area contributed by atoms with Gasteiger partial charge in [-0.25, -0.2) is 4.79 Å². The van der Waals surface area contributed by atoms with Gasteiger partial charge in [-0.3, -0.25) is 14.5 Å². The van der Waals surface area contributed by atoms with E-state index in [2.05, 4.69) is 4.90 Å². The summed E-state index contributed by atoms with van der Waals surface area (Å²) in [6.45, 7) is 5.78. The van der Waals surface area contributed by atoms with Crippen LogP contribution in [0.1, 0.15) is 52.9 Å². The van der Waals surface area contributed by atoms with Crippen molar-refractivity contribution < 1.29 is 33.7 Å². The average Bonchev–Trinajstić information content (AvgIpc) is 3.36. The Kier molecular flexibility index (Phi) is 4.44. The number of aliphatic hydroxyl groups excluding tert-OH is 1. The Bertz CT molecular complexity index is 952. The van der Waals surface area contributed by atoms with Gasteiger partial charge in [-0.1, -0.05) is 6.92 Å². The topological polar surface area (TPSA) is 102 Å². The van der Waals surface area contributed by atoms with Gasteiger partial charge < -0.3 is 19.3 Å². The van der Waals surface area contributed by atoms with E-state index in [0.29, 0.717) is 43.4 Å². The molecule has 3 fully saturated rings. The van der Waals surface area contributed by atoms with E-state index in [1.807, 2.05) is 6.92 Å². The van der Waals surface area contributed by atoms with Crippen molar-refractivity contribution in [1.82, 2.24) is 4.90 Å². The van der Waals surface area contributed by atoms with Gasteiger partial charge in [0.1, 0.15) is 11.6 Å². The Morgan fingerprint density at radius 1 is 1.16 bits per heavy atom. The van der Waals surface area contributed by atoms with Crippen molar-refractivity contribution in [3.8, 4) is 0 Å². The third kappa shape index (κ3) is 2.30. The minimum Gasteiger partial charge on any atom is -0.496 e. The van der Waals surface area contributed by atoms with Gasteiger partial charge in [0.2, 0.25) is 5.78 Å². The number of cyclic esters (lactones) is 1. The van der Waals surface area contributed by atoms with Crippen molar-refractivity contribution in [3.05, 3.63) is 22.5 Å². The highest BCUT2D eigenvalue weighted by Gasteiger charge is 2.77. The monoisotopic (exact) mass is 431 g/mol. The molecule has 8 heteroatoms. The first-order valence-corrected chi connectivity index (χ1v) is 11.1. The number of carbonyl (C=O) groups is 3. The van der Waals surface area contributed by atoms with Gasteiger partial charge in [0.25, 0.3) is 5.60 Å². The number of hydrogen-bond acceptors (Lipinski definition) is 8. The molecule has 168 valence electrons. The summed E-state index contributed by atoms with van der Waals surface area (Å²) in [5.74, 6) is -1.04. The second-order valence-corrected chi connectivity index (χ2v) is 9.53. The Balaban J connectivity index is 1.71. The van der Waals surface area contributed by atoms with Gasteiger partial charge in [0.05, 0.1) is 24.7 Å². The zero-order valence-corrected chi connectivity index (χ0v) is 18.4. The highest BCUT2D eigenvalue weighted by molar-refractivity contribution is 6.14. The molecule has 3 saturated heterocycles. The molecular weight excluding hydrogens is 402 g/mol. The van der Waals surface area contributed by atoms with Crippen LogP contribution >= 0.6 is 0 Å². The molecule has 0 saturated carbocycles. The van der Waals surface area contributed by atoms with Gasteiger partial charge >= 0.3 is 11.9 Å². The minimum absolute atomic E-state index is 0.123. The molecule has 31 heavy (non-hydrogen) atoms. The molecule has 1 N–H and O–H groups in total. The largest absolute Gasteiger partial charge is 0.496 e. The number of hydrogen-bond donors (Lipinski definition) is 1. The molecule has 0 radical (unpaired) electrons. The van der Waals surface area contributed by atoms with E-state index in [4.69, 9.17) is 14.2 Å². The number of methoxy groups -OCH3 is 1. The van der Waals surface area contributed by atoms with Gasteiger partial charge in [0.15, 0.2) is 5.76 Å². The van der Waals surface area contributed by atoms with Gasteiger partial charge in [0, 0.05) is 11.6 Å². The molecule has 0 aromatic carbocycles. The molecule has 0 amide bonds. The van der Waals surface area contributed by atoms with Crippen molar-refractivity contribution in [2.24, 2.45) is 5.92 Å².